The minimum atomic E-state index is -0.846. The van der Waals surface area contributed by atoms with Crippen LogP contribution in [-0.2, 0) is 9.59 Å². The molecule has 0 aromatic heterocycles. The number of hydrogen-bond acceptors (Lipinski definition) is 3. The fourth-order valence-electron chi connectivity index (χ4n) is 1.04. The molecule has 14 heavy (non-hydrogen) atoms. The molecule has 0 radical (unpaired) electrons. The molecule has 0 saturated heterocycles. The average molecular weight is 202 g/mol. The molecule has 0 aromatic carbocycles. The van der Waals surface area contributed by atoms with Crippen LogP contribution in [0.25, 0.3) is 0 Å². The number of rotatable bonds is 5. The maximum Gasteiger partial charge on any atom is 0.307 e. The van der Waals surface area contributed by atoms with Crippen molar-refractivity contribution in [1.29, 1.82) is 0 Å². The first-order valence-electron chi connectivity index (χ1n) is 4.53. The standard InChI is InChI=1S/C9H18N2O3/c1-6(9(13)14)7(2)11(4)5-8(12)10-3/h6-7H,5H2,1-4H3,(H,10,12)(H,13,14). The number of carboxylic acids is 1. The second-order valence-electron chi connectivity index (χ2n) is 3.46. The predicted molar refractivity (Wildman–Crippen MR) is 53.0 cm³/mol. The summed E-state index contributed by atoms with van der Waals surface area (Å²) in [6.07, 6.45) is 0. The summed E-state index contributed by atoms with van der Waals surface area (Å²) < 4.78 is 0. The van der Waals surface area contributed by atoms with Gasteiger partial charge in [-0.3, -0.25) is 14.5 Å². The van der Waals surface area contributed by atoms with E-state index in [1.165, 1.54) is 0 Å². The van der Waals surface area contributed by atoms with Crippen LogP contribution in [0.3, 0.4) is 0 Å². The smallest absolute Gasteiger partial charge is 0.307 e. The second-order valence-corrected chi connectivity index (χ2v) is 3.46. The molecule has 0 heterocycles. The van der Waals surface area contributed by atoms with Crippen LogP contribution in [0.15, 0.2) is 0 Å². The van der Waals surface area contributed by atoms with E-state index in [2.05, 4.69) is 5.32 Å². The monoisotopic (exact) mass is 202 g/mol. The van der Waals surface area contributed by atoms with Crippen molar-refractivity contribution in [3.8, 4) is 0 Å². The molecule has 0 saturated carbocycles. The Morgan fingerprint density at radius 2 is 1.93 bits per heavy atom. The van der Waals surface area contributed by atoms with Crippen LogP contribution in [0.5, 0.6) is 0 Å². The molecule has 5 nitrogen and oxygen atoms in total. The van der Waals surface area contributed by atoms with Crippen LogP contribution in [0.2, 0.25) is 0 Å². The van der Waals surface area contributed by atoms with Crippen molar-refractivity contribution in [1.82, 2.24) is 10.2 Å². The highest BCUT2D eigenvalue weighted by Gasteiger charge is 2.23. The number of carbonyl (C=O) groups excluding carboxylic acids is 1. The van der Waals surface area contributed by atoms with Gasteiger partial charge in [-0.05, 0) is 14.0 Å². The zero-order valence-corrected chi connectivity index (χ0v) is 9.07. The summed E-state index contributed by atoms with van der Waals surface area (Å²) in [7, 11) is 3.29. The quantitative estimate of drug-likeness (QED) is 0.646. The SMILES string of the molecule is CNC(=O)CN(C)C(C)C(C)C(=O)O. The topological polar surface area (TPSA) is 69.6 Å². The third kappa shape index (κ3) is 3.74. The van der Waals surface area contributed by atoms with Crippen molar-refractivity contribution in [2.75, 3.05) is 20.6 Å². The Bertz CT molecular complexity index is 218. The van der Waals surface area contributed by atoms with Crippen LogP contribution >= 0.6 is 0 Å². The molecule has 0 aliphatic carbocycles. The van der Waals surface area contributed by atoms with E-state index < -0.39 is 11.9 Å². The highest BCUT2D eigenvalue weighted by atomic mass is 16.4. The molecule has 0 aromatic rings. The van der Waals surface area contributed by atoms with Gasteiger partial charge in [-0.15, -0.1) is 0 Å². The maximum absolute atomic E-state index is 11.0. The minimum Gasteiger partial charge on any atom is -0.481 e. The fraction of sp³-hybridized carbons (Fsp3) is 0.778. The Morgan fingerprint density at radius 3 is 2.29 bits per heavy atom. The van der Waals surface area contributed by atoms with E-state index in [0.717, 1.165) is 0 Å². The van der Waals surface area contributed by atoms with E-state index in [1.54, 1.807) is 32.8 Å². The highest BCUT2D eigenvalue weighted by molar-refractivity contribution is 5.77. The summed E-state index contributed by atoms with van der Waals surface area (Å²) >= 11 is 0. The summed E-state index contributed by atoms with van der Waals surface area (Å²) in [6, 6.07) is -0.162. The Kier molecular flexibility index (Phi) is 5.15. The largest absolute Gasteiger partial charge is 0.481 e. The van der Waals surface area contributed by atoms with Gasteiger partial charge < -0.3 is 10.4 Å². The number of carboxylic acid groups (broad SMARTS) is 1. The number of amides is 1. The van der Waals surface area contributed by atoms with Gasteiger partial charge in [0, 0.05) is 13.1 Å². The molecular weight excluding hydrogens is 184 g/mol. The summed E-state index contributed by atoms with van der Waals surface area (Å²) in [4.78, 5) is 23.4. The molecule has 0 rings (SSSR count). The molecule has 0 bridgehead atoms. The summed E-state index contributed by atoms with van der Waals surface area (Å²) in [5.74, 6) is -1.44. The van der Waals surface area contributed by atoms with Crippen LogP contribution < -0.4 is 5.32 Å². The molecule has 0 fully saturated rings. The summed E-state index contributed by atoms with van der Waals surface area (Å²) in [5, 5.41) is 11.3. The minimum absolute atomic E-state index is 0.114. The predicted octanol–water partition coefficient (Wildman–Crippen LogP) is -0.227. The van der Waals surface area contributed by atoms with Gasteiger partial charge in [-0.1, -0.05) is 6.92 Å². The van der Waals surface area contributed by atoms with Crippen LogP contribution in [0, 0.1) is 5.92 Å². The average Bonchev–Trinajstić information content (AvgIpc) is 2.14. The first-order valence-corrected chi connectivity index (χ1v) is 4.53. The number of likely N-dealkylation sites (N-methyl/N-ethyl adjacent to an activating group) is 2. The molecule has 1 amide bonds. The van der Waals surface area contributed by atoms with E-state index in [-0.39, 0.29) is 18.5 Å². The molecule has 0 aliphatic heterocycles. The Balaban J connectivity index is 4.17. The van der Waals surface area contributed by atoms with E-state index in [9.17, 15) is 9.59 Å². The molecule has 2 atom stereocenters. The number of aliphatic carboxylic acids is 1. The van der Waals surface area contributed by atoms with Gasteiger partial charge in [0.15, 0.2) is 0 Å². The van der Waals surface area contributed by atoms with Gasteiger partial charge in [0.05, 0.1) is 12.5 Å². The molecule has 2 unspecified atom stereocenters. The lowest BCUT2D eigenvalue weighted by Crippen LogP contribution is -2.43. The number of carbonyl (C=O) groups is 2. The number of hydrogen-bond donors (Lipinski definition) is 2. The first-order chi connectivity index (χ1) is 6.40. The lowest BCUT2D eigenvalue weighted by atomic mass is 10.0. The molecule has 5 heteroatoms. The number of nitrogens with zero attached hydrogens (tertiary/aromatic N) is 1. The van der Waals surface area contributed by atoms with Gasteiger partial charge >= 0.3 is 5.97 Å². The normalized spacial score (nSPS) is 14.9. The maximum atomic E-state index is 11.0. The Hall–Kier alpha value is -1.10. The zero-order valence-electron chi connectivity index (χ0n) is 9.07. The summed E-state index contributed by atoms with van der Waals surface area (Å²) in [5.41, 5.74) is 0. The van der Waals surface area contributed by atoms with Gasteiger partial charge in [0.1, 0.15) is 0 Å². The zero-order chi connectivity index (χ0) is 11.3. The van der Waals surface area contributed by atoms with Gasteiger partial charge in [0.2, 0.25) is 5.91 Å². The van der Waals surface area contributed by atoms with Crippen molar-refractivity contribution < 1.29 is 14.7 Å². The van der Waals surface area contributed by atoms with Crippen LogP contribution in [0.4, 0.5) is 0 Å². The van der Waals surface area contributed by atoms with Gasteiger partial charge in [-0.2, -0.15) is 0 Å². The lowest BCUT2D eigenvalue weighted by Gasteiger charge is -2.26. The molecule has 0 spiro atoms. The van der Waals surface area contributed by atoms with Crippen molar-refractivity contribution >= 4 is 11.9 Å². The van der Waals surface area contributed by atoms with Gasteiger partial charge in [0.25, 0.3) is 0 Å². The van der Waals surface area contributed by atoms with Crippen LogP contribution in [-0.4, -0.2) is 48.6 Å². The fourth-order valence-corrected chi connectivity index (χ4v) is 1.04. The lowest BCUT2D eigenvalue weighted by molar-refractivity contribution is -0.143. The first kappa shape index (κ1) is 12.9. The van der Waals surface area contributed by atoms with Crippen molar-refractivity contribution in [3.63, 3.8) is 0 Å². The van der Waals surface area contributed by atoms with Crippen molar-refractivity contribution in [2.45, 2.75) is 19.9 Å². The van der Waals surface area contributed by atoms with E-state index in [1.807, 2.05) is 0 Å². The van der Waals surface area contributed by atoms with Crippen LogP contribution in [0.1, 0.15) is 13.8 Å². The Labute approximate surface area is 84.1 Å². The van der Waals surface area contributed by atoms with Crippen molar-refractivity contribution in [2.24, 2.45) is 5.92 Å². The second kappa shape index (κ2) is 5.59. The van der Waals surface area contributed by atoms with E-state index in [0.29, 0.717) is 0 Å². The highest BCUT2D eigenvalue weighted by Crippen LogP contribution is 2.08. The Morgan fingerprint density at radius 1 is 1.43 bits per heavy atom. The molecule has 82 valence electrons. The van der Waals surface area contributed by atoms with E-state index >= 15 is 0 Å². The third-order valence-corrected chi connectivity index (χ3v) is 2.48. The van der Waals surface area contributed by atoms with E-state index in [4.69, 9.17) is 5.11 Å². The third-order valence-electron chi connectivity index (χ3n) is 2.48. The molecule has 0 aliphatic rings. The number of nitrogens with one attached hydrogen (secondary N) is 1. The van der Waals surface area contributed by atoms with Gasteiger partial charge in [-0.25, -0.2) is 0 Å². The molecular formula is C9H18N2O3. The van der Waals surface area contributed by atoms with Crippen molar-refractivity contribution in [3.05, 3.63) is 0 Å². The molecule has 2 N–H and O–H groups in total. The summed E-state index contributed by atoms with van der Waals surface area (Å²) in [6.45, 7) is 3.64.